The molecule has 1 aromatic carbocycles. The Morgan fingerprint density at radius 3 is 2.57 bits per heavy atom. The average Bonchev–Trinajstić information content (AvgIpc) is 3.35. The molecule has 0 aliphatic heterocycles. The van der Waals surface area contributed by atoms with Crippen LogP contribution in [-0.2, 0) is 10.4 Å². The summed E-state index contributed by atoms with van der Waals surface area (Å²) in [5, 5.41) is 19.2. The molecule has 1 saturated carbocycles. The van der Waals surface area contributed by atoms with Gasteiger partial charge in [-0.1, -0.05) is 19.3 Å². The lowest BCUT2D eigenvalue weighted by Gasteiger charge is -2.22. The second-order valence-electron chi connectivity index (χ2n) is 8.12. The zero-order chi connectivity index (χ0) is 21.9. The second kappa shape index (κ2) is 8.79. The third kappa shape index (κ3) is 4.59. The summed E-state index contributed by atoms with van der Waals surface area (Å²) in [6.07, 6.45) is 9.40. The molecule has 2 aromatic heterocycles. The summed E-state index contributed by atoms with van der Waals surface area (Å²) in [6, 6.07) is 4.15. The van der Waals surface area contributed by atoms with E-state index in [1.54, 1.807) is 20.8 Å². The van der Waals surface area contributed by atoms with E-state index in [0.717, 1.165) is 23.7 Å². The van der Waals surface area contributed by atoms with Gasteiger partial charge in [-0.05, 0) is 38.8 Å². The number of hydrogen-bond acceptors (Lipinski definition) is 6. The Kier molecular flexibility index (Phi) is 6.36. The Morgan fingerprint density at radius 2 is 1.97 bits per heavy atom. The Hall–Kier alpha value is -3.00. The van der Waals surface area contributed by atoms with E-state index >= 15 is 0 Å². The normalized spacial score (nSPS) is 14.9. The number of rotatable bonds is 4. The Balaban J connectivity index is 0.00000124. The predicted octanol–water partition coefficient (Wildman–Crippen LogP) is 4.13. The maximum atomic E-state index is 12.6. The number of aliphatic hydroxyl groups is 1. The highest BCUT2D eigenvalue weighted by Crippen LogP contribution is 2.34. The summed E-state index contributed by atoms with van der Waals surface area (Å²) >= 11 is 0. The van der Waals surface area contributed by atoms with E-state index in [1.807, 2.05) is 29.8 Å². The number of anilines is 1. The lowest BCUT2D eigenvalue weighted by molar-refractivity contribution is -0.0980. The first-order valence-electron chi connectivity index (χ1n) is 10.1. The standard InChI is InChI=1S/C21H26N4O3.CH2O/c1-13-22-19(12-28-13)20(26)23-18-9-14-11-25(15-7-5-4-6-8-15)24-17(14)10-16(18)21(2,3)27;1-2/h9-12,15,27H,4-8H2,1-3H3,(H,23,26);1H2. The molecular formula is C22H28N4O4. The lowest BCUT2D eigenvalue weighted by atomic mass is 9.95. The minimum absolute atomic E-state index is 0.206. The number of fused-ring (bicyclic) bond motifs is 1. The number of amides is 1. The predicted molar refractivity (Wildman–Crippen MR) is 113 cm³/mol. The molecule has 160 valence electrons. The van der Waals surface area contributed by atoms with Crippen molar-refractivity contribution in [2.24, 2.45) is 0 Å². The summed E-state index contributed by atoms with van der Waals surface area (Å²) in [5.74, 6) is 0.0541. The van der Waals surface area contributed by atoms with E-state index in [-0.39, 0.29) is 11.6 Å². The molecule has 2 N–H and O–H groups in total. The minimum atomic E-state index is -1.13. The second-order valence-corrected chi connectivity index (χ2v) is 8.12. The van der Waals surface area contributed by atoms with Crippen LogP contribution in [0.1, 0.15) is 73.9 Å². The number of nitrogens with zero attached hydrogens (tertiary/aromatic N) is 3. The fourth-order valence-electron chi connectivity index (χ4n) is 3.89. The van der Waals surface area contributed by atoms with Gasteiger partial charge in [0.2, 0.25) is 0 Å². The maximum Gasteiger partial charge on any atom is 0.277 e. The monoisotopic (exact) mass is 412 g/mol. The van der Waals surface area contributed by atoms with E-state index in [4.69, 9.17) is 14.3 Å². The SMILES string of the molecule is C=O.Cc1nc(C(=O)Nc2cc3cn(C4CCCCC4)nc3cc2C(C)(C)O)co1. The molecule has 8 nitrogen and oxygen atoms in total. The van der Waals surface area contributed by atoms with Crippen LogP contribution in [0.3, 0.4) is 0 Å². The Morgan fingerprint density at radius 1 is 1.27 bits per heavy atom. The molecule has 1 aliphatic carbocycles. The molecule has 8 heteroatoms. The van der Waals surface area contributed by atoms with E-state index in [0.29, 0.717) is 23.2 Å². The number of benzene rings is 1. The lowest BCUT2D eigenvalue weighted by Crippen LogP contribution is -2.21. The van der Waals surface area contributed by atoms with Crippen LogP contribution < -0.4 is 5.32 Å². The molecule has 0 atom stereocenters. The van der Waals surface area contributed by atoms with Crippen molar-refractivity contribution in [1.29, 1.82) is 0 Å². The number of carbonyl (C=O) groups excluding carboxylic acids is 2. The van der Waals surface area contributed by atoms with Crippen LogP contribution in [0.15, 0.2) is 29.0 Å². The van der Waals surface area contributed by atoms with Gasteiger partial charge in [0.15, 0.2) is 11.6 Å². The quantitative estimate of drug-likeness (QED) is 0.667. The third-order valence-electron chi connectivity index (χ3n) is 5.37. The number of nitrogens with one attached hydrogen (secondary N) is 1. The molecular weight excluding hydrogens is 384 g/mol. The van der Waals surface area contributed by atoms with Gasteiger partial charge in [0, 0.05) is 29.8 Å². The average molecular weight is 412 g/mol. The Bertz CT molecular complexity index is 1030. The van der Waals surface area contributed by atoms with Gasteiger partial charge in [0.05, 0.1) is 17.2 Å². The molecule has 1 fully saturated rings. The van der Waals surface area contributed by atoms with Crippen molar-refractivity contribution >= 4 is 29.3 Å². The van der Waals surface area contributed by atoms with Gasteiger partial charge in [-0.15, -0.1) is 0 Å². The molecule has 0 spiro atoms. The van der Waals surface area contributed by atoms with E-state index in [1.165, 1.54) is 25.5 Å². The van der Waals surface area contributed by atoms with Crippen LogP contribution in [0, 0.1) is 6.92 Å². The molecule has 0 unspecified atom stereocenters. The highest BCUT2D eigenvalue weighted by Gasteiger charge is 2.25. The highest BCUT2D eigenvalue weighted by molar-refractivity contribution is 6.04. The largest absolute Gasteiger partial charge is 0.448 e. The van der Waals surface area contributed by atoms with Gasteiger partial charge in [-0.2, -0.15) is 5.10 Å². The third-order valence-corrected chi connectivity index (χ3v) is 5.37. The first kappa shape index (κ1) is 21.7. The molecule has 3 aromatic rings. The minimum Gasteiger partial charge on any atom is -0.448 e. The zero-order valence-corrected chi connectivity index (χ0v) is 17.6. The number of oxazole rings is 1. The molecule has 0 bridgehead atoms. The summed E-state index contributed by atoms with van der Waals surface area (Å²) in [4.78, 5) is 24.6. The molecule has 0 saturated heterocycles. The summed E-state index contributed by atoms with van der Waals surface area (Å²) in [6.45, 7) is 7.08. The highest BCUT2D eigenvalue weighted by atomic mass is 16.3. The Labute approximate surface area is 175 Å². The maximum absolute atomic E-state index is 12.6. The van der Waals surface area contributed by atoms with Crippen LogP contribution in [0.5, 0.6) is 0 Å². The summed E-state index contributed by atoms with van der Waals surface area (Å²) in [7, 11) is 0. The number of aromatic nitrogens is 3. The van der Waals surface area contributed by atoms with Crippen molar-refractivity contribution in [3.63, 3.8) is 0 Å². The molecule has 1 aliphatic rings. The van der Waals surface area contributed by atoms with Crippen molar-refractivity contribution in [3.05, 3.63) is 41.7 Å². The van der Waals surface area contributed by atoms with E-state index in [2.05, 4.69) is 10.3 Å². The van der Waals surface area contributed by atoms with Crippen LogP contribution in [-0.4, -0.2) is 32.6 Å². The van der Waals surface area contributed by atoms with Crippen molar-refractivity contribution in [2.45, 2.75) is 64.5 Å². The fourth-order valence-corrected chi connectivity index (χ4v) is 3.89. The number of carbonyl (C=O) groups is 2. The van der Waals surface area contributed by atoms with Crippen molar-refractivity contribution in [1.82, 2.24) is 14.8 Å². The van der Waals surface area contributed by atoms with Gasteiger partial charge in [-0.3, -0.25) is 9.48 Å². The van der Waals surface area contributed by atoms with Crippen molar-refractivity contribution < 1.29 is 19.1 Å². The molecule has 0 radical (unpaired) electrons. The van der Waals surface area contributed by atoms with Crippen molar-refractivity contribution in [2.75, 3.05) is 5.32 Å². The van der Waals surface area contributed by atoms with Gasteiger partial charge >= 0.3 is 0 Å². The van der Waals surface area contributed by atoms with Gasteiger partial charge in [-0.25, -0.2) is 4.98 Å². The zero-order valence-electron chi connectivity index (χ0n) is 17.6. The molecule has 1 amide bonds. The summed E-state index contributed by atoms with van der Waals surface area (Å²) in [5.41, 5.74) is 1.05. The van der Waals surface area contributed by atoms with Crippen LogP contribution >= 0.6 is 0 Å². The first-order chi connectivity index (χ1) is 14.3. The molecule has 4 rings (SSSR count). The van der Waals surface area contributed by atoms with E-state index < -0.39 is 5.60 Å². The fraction of sp³-hybridized carbons (Fsp3) is 0.455. The topological polar surface area (TPSA) is 110 Å². The number of hydrogen-bond donors (Lipinski definition) is 2. The van der Waals surface area contributed by atoms with Crippen LogP contribution in [0.2, 0.25) is 0 Å². The van der Waals surface area contributed by atoms with Gasteiger partial charge < -0.3 is 19.6 Å². The van der Waals surface area contributed by atoms with Crippen LogP contribution in [0.25, 0.3) is 10.9 Å². The van der Waals surface area contributed by atoms with Gasteiger partial charge in [0.25, 0.3) is 5.91 Å². The summed E-state index contributed by atoms with van der Waals surface area (Å²) < 4.78 is 7.17. The van der Waals surface area contributed by atoms with Crippen LogP contribution in [0.4, 0.5) is 5.69 Å². The molecule has 2 heterocycles. The number of aryl methyl sites for hydroxylation is 1. The first-order valence-corrected chi connectivity index (χ1v) is 10.1. The molecule has 30 heavy (non-hydrogen) atoms. The smallest absolute Gasteiger partial charge is 0.277 e. The van der Waals surface area contributed by atoms with Gasteiger partial charge in [0.1, 0.15) is 13.1 Å². The van der Waals surface area contributed by atoms with Crippen molar-refractivity contribution in [3.8, 4) is 0 Å². The van der Waals surface area contributed by atoms with E-state index in [9.17, 15) is 9.90 Å².